The predicted molar refractivity (Wildman–Crippen MR) is 80.8 cm³/mol. The average Bonchev–Trinajstić information content (AvgIpc) is 2.48. The minimum Gasteiger partial charge on any atom is -0.329 e. The Balaban J connectivity index is 2.23. The van der Waals surface area contributed by atoms with Gasteiger partial charge < -0.3 is 10.2 Å². The molecule has 0 bridgehead atoms. The highest BCUT2D eigenvalue weighted by Crippen LogP contribution is 2.24. The van der Waals surface area contributed by atoms with Crippen molar-refractivity contribution in [3.05, 3.63) is 54.0 Å². The molecule has 0 aliphatic carbocycles. The van der Waals surface area contributed by atoms with Gasteiger partial charge in [0.1, 0.15) is 11.6 Å². The molecule has 0 aliphatic rings. The van der Waals surface area contributed by atoms with Crippen LogP contribution in [0.4, 0.5) is 15.9 Å². The average molecular weight is 273 g/mol. The van der Waals surface area contributed by atoms with E-state index in [-0.39, 0.29) is 11.9 Å². The summed E-state index contributed by atoms with van der Waals surface area (Å²) in [5.41, 5.74) is 2.10. The van der Waals surface area contributed by atoms with E-state index >= 15 is 0 Å². The van der Waals surface area contributed by atoms with Gasteiger partial charge in [-0.2, -0.15) is 0 Å². The van der Waals surface area contributed by atoms with E-state index in [1.807, 2.05) is 18.0 Å². The fourth-order valence-corrected chi connectivity index (χ4v) is 2.11. The third-order valence-corrected chi connectivity index (χ3v) is 3.34. The molecule has 0 radical (unpaired) electrons. The molecule has 0 fully saturated rings. The predicted octanol–water partition coefficient (Wildman–Crippen LogP) is 3.66. The third kappa shape index (κ3) is 3.33. The van der Waals surface area contributed by atoms with E-state index in [2.05, 4.69) is 30.2 Å². The summed E-state index contributed by atoms with van der Waals surface area (Å²) in [6.07, 6.45) is 1.80. The van der Waals surface area contributed by atoms with Crippen LogP contribution in [0, 0.1) is 5.82 Å². The number of hydrogen-bond donors (Lipinski definition) is 1. The molecule has 3 nitrogen and oxygen atoms in total. The molecule has 0 spiro atoms. The van der Waals surface area contributed by atoms with E-state index in [0.717, 1.165) is 18.1 Å². The van der Waals surface area contributed by atoms with E-state index in [9.17, 15) is 4.39 Å². The maximum atomic E-state index is 13.0. The minimum atomic E-state index is -0.232. The summed E-state index contributed by atoms with van der Waals surface area (Å²) in [4.78, 5) is 6.33. The fourth-order valence-electron chi connectivity index (χ4n) is 2.11. The lowest BCUT2D eigenvalue weighted by atomic mass is 10.1. The number of nitrogens with one attached hydrogen (secondary N) is 1. The van der Waals surface area contributed by atoms with Crippen LogP contribution in [-0.4, -0.2) is 18.6 Å². The van der Waals surface area contributed by atoms with Crippen LogP contribution in [0.25, 0.3) is 0 Å². The van der Waals surface area contributed by atoms with Gasteiger partial charge in [0.25, 0.3) is 0 Å². The second-order valence-corrected chi connectivity index (χ2v) is 4.76. The van der Waals surface area contributed by atoms with Gasteiger partial charge in [0, 0.05) is 25.0 Å². The van der Waals surface area contributed by atoms with Crippen molar-refractivity contribution in [1.82, 2.24) is 10.3 Å². The first-order valence-corrected chi connectivity index (χ1v) is 6.80. The van der Waals surface area contributed by atoms with Gasteiger partial charge in [-0.05, 0) is 55.4 Å². The third-order valence-electron chi connectivity index (χ3n) is 3.34. The van der Waals surface area contributed by atoms with E-state index in [4.69, 9.17) is 0 Å². The lowest BCUT2D eigenvalue weighted by Gasteiger charge is -2.20. The van der Waals surface area contributed by atoms with Crippen molar-refractivity contribution in [3.8, 4) is 0 Å². The molecule has 4 heteroatoms. The Morgan fingerprint density at radius 3 is 2.60 bits per heavy atom. The topological polar surface area (TPSA) is 28.2 Å². The zero-order valence-corrected chi connectivity index (χ0v) is 12.1. The zero-order valence-electron chi connectivity index (χ0n) is 12.1. The Bertz CT molecular complexity index is 554. The Kier molecular flexibility index (Phi) is 4.69. The number of anilines is 2. The number of hydrogen-bond acceptors (Lipinski definition) is 3. The monoisotopic (exact) mass is 273 g/mol. The van der Waals surface area contributed by atoms with Crippen LogP contribution in [0.15, 0.2) is 42.6 Å². The van der Waals surface area contributed by atoms with E-state index in [0.29, 0.717) is 0 Å². The van der Waals surface area contributed by atoms with Crippen LogP contribution < -0.4 is 10.2 Å². The molecule has 2 rings (SSSR count). The van der Waals surface area contributed by atoms with Crippen LogP contribution in [0.1, 0.15) is 25.5 Å². The molecule has 2 aromatic rings. The van der Waals surface area contributed by atoms with E-state index in [1.165, 1.54) is 17.7 Å². The Hall–Kier alpha value is -1.94. The summed E-state index contributed by atoms with van der Waals surface area (Å²) in [7, 11) is 1.93. The van der Waals surface area contributed by atoms with Crippen LogP contribution in [-0.2, 0) is 0 Å². The van der Waals surface area contributed by atoms with E-state index in [1.54, 1.807) is 18.3 Å². The molecule has 1 atom stereocenters. The maximum absolute atomic E-state index is 13.0. The van der Waals surface area contributed by atoms with Crippen molar-refractivity contribution in [1.29, 1.82) is 0 Å². The number of rotatable bonds is 5. The van der Waals surface area contributed by atoms with Gasteiger partial charge >= 0.3 is 0 Å². The van der Waals surface area contributed by atoms with Crippen molar-refractivity contribution in [2.75, 3.05) is 18.5 Å². The molecule has 1 unspecified atom stereocenters. The zero-order chi connectivity index (χ0) is 14.5. The lowest BCUT2D eigenvalue weighted by Crippen LogP contribution is -2.18. The molecule has 1 heterocycles. The number of nitrogens with zero attached hydrogens (tertiary/aromatic N) is 2. The number of halogens is 1. The minimum absolute atomic E-state index is 0.232. The van der Waals surface area contributed by atoms with Crippen LogP contribution in [0.2, 0.25) is 0 Å². The molecule has 0 amide bonds. The van der Waals surface area contributed by atoms with E-state index < -0.39 is 0 Å². The van der Waals surface area contributed by atoms with Gasteiger partial charge in [0.05, 0.1) is 0 Å². The second kappa shape index (κ2) is 6.48. The molecule has 1 N–H and O–H groups in total. The highest BCUT2D eigenvalue weighted by atomic mass is 19.1. The smallest absolute Gasteiger partial charge is 0.132 e. The first-order valence-electron chi connectivity index (χ1n) is 6.80. The highest BCUT2D eigenvalue weighted by molar-refractivity contribution is 5.59. The quantitative estimate of drug-likeness (QED) is 0.901. The van der Waals surface area contributed by atoms with Crippen LogP contribution >= 0.6 is 0 Å². The molecule has 0 saturated heterocycles. The normalized spacial score (nSPS) is 12.2. The number of benzene rings is 1. The summed E-state index contributed by atoms with van der Waals surface area (Å²) in [6.45, 7) is 5.14. The van der Waals surface area contributed by atoms with Gasteiger partial charge in [0.2, 0.25) is 0 Å². The van der Waals surface area contributed by atoms with Gasteiger partial charge in [-0.25, -0.2) is 9.37 Å². The Labute approximate surface area is 119 Å². The summed E-state index contributed by atoms with van der Waals surface area (Å²) < 4.78 is 13.0. The number of aromatic nitrogens is 1. The molecule has 20 heavy (non-hydrogen) atoms. The highest BCUT2D eigenvalue weighted by Gasteiger charge is 2.09. The van der Waals surface area contributed by atoms with Crippen LogP contribution in [0.3, 0.4) is 0 Å². The molecular weight excluding hydrogens is 253 g/mol. The first-order chi connectivity index (χ1) is 9.61. The van der Waals surface area contributed by atoms with Gasteiger partial charge in [0.15, 0.2) is 0 Å². The standard InChI is InChI=1S/C16H20FN3/c1-4-18-12(2)13-9-10-19-16(11-13)20(3)15-7-5-14(17)6-8-15/h5-12,18H,4H2,1-3H3. The summed E-state index contributed by atoms with van der Waals surface area (Å²) >= 11 is 0. The Morgan fingerprint density at radius 2 is 1.95 bits per heavy atom. The molecule has 0 saturated carbocycles. The number of pyridine rings is 1. The van der Waals surface area contributed by atoms with Crippen molar-refractivity contribution >= 4 is 11.5 Å². The molecule has 106 valence electrons. The maximum Gasteiger partial charge on any atom is 0.132 e. The van der Waals surface area contributed by atoms with Gasteiger partial charge in [-0.1, -0.05) is 6.92 Å². The van der Waals surface area contributed by atoms with Gasteiger partial charge in [-0.15, -0.1) is 0 Å². The molecule has 1 aromatic carbocycles. The van der Waals surface area contributed by atoms with Crippen molar-refractivity contribution in [2.45, 2.75) is 19.9 Å². The molecular formula is C16H20FN3. The van der Waals surface area contributed by atoms with Crippen molar-refractivity contribution in [3.63, 3.8) is 0 Å². The summed E-state index contributed by atoms with van der Waals surface area (Å²) in [5, 5.41) is 3.38. The largest absolute Gasteiger partial charge is 0.329 e. The van der Waals surface area contributed by atoms with Gasteiger partial charge in [-0.3, -0.25) is 0 Å². The Morgan fingerprint density at radius 1 is 1.25 bits per heavy atom. The van der Waals surface area contributed by atoms with Crippen LogP contribution in [0.5, 0.6) is 0 Å². The molecule has 0 aliphatic heterocycles. The SMILES string of the molecule is CCNC(C)c1ccnc(N(C)c2ccc(F)cc2)c1. The fraction of sp³-hybridized carbons (Fsp3) is 0.312. The van der Waals surface area contributed by atoms with Crippen molar-refractivity contribution in [2.24, 2.45) is 0 Å². The molecule has 1 aromatic heterocycles. The lowest BCUT2D eigenvalue weighted by molar-refractivity contribution is 0.597. The second-order valence-electron chi connectivity index (χ2n) is 4.76. The first kappa shape index (κ1) is 14.5. The summed E-state index contributed by atoms with van der Waals surface area (Å²) in [5.74, 6) is 0.614. The van der Waals surface area contributed by atoms with Crippen molar-refractivity contribution < 1.29 is 4.39 Å². The summed E-state index contributed by atoms with van der Waals surface area (Å²) in [6, 6.07) is 10.7.